The summed E-state index contributed by atoms with van der Waals surface area (Å²) in [6.45, 7) is 0. The predicted molar refractivity (Wildman–Crippen MR) is 114 cm³/mol. The lowest BCUT2D eigenvalue weighted by Crippen LogP contribution is -2.37. The number of benzene rings is 2. The van der Waals surface area contributed by atoms with Crippen LogP contribution in [0.5, 0.6) is 0 Å². The quantitative estimate of drug-likeness (QED) is 0.345. The second kappa shape index (κ2) is 8.81. The van der Waals surface area contributed by atoms with Gasteiger partial charge >= 0.3 is 24.3 Å². The zero-order valence-corrected chi connectivity index (χ0v) is 18.8. The molecule has 0 amide bonds. The highest BCUT2D eigenvalue weighted by atomic mass is 19.4. The van der Waals surface area contributed by atoms with Crippen LogP contribution in [0.25, 0.3) is 0 Å². The summed E-state index contributed by atoms with van der Waals surface area (Å²) in [5.41, 5.74) is -3.63. The van der Waals surface area contributed by atoms with E-state index in [-0.39, 0.29) is 24.2 Å². The van der Waals surface area contributed by atoms with E-state index in [1.54, 1.807) is 0 Å². The number of carbonyl (C=O) groups is 2. The van der Waals surface area contributed by atoms with Crippen LogP contribution in [0.4, 0.5) is 26.3 Å². The second-order valence-corrected chi connectivity index (χ2v) is 9.71. The van der Waals surface area contributed by atoms with E-state index in [9.17, 15) is 35.9 Å². The molecule has 3 saturated carbocycles. The molecular formula is C26H22F6O4. The number of carbonyl (C=O) groups excluding carboxylic acids is 2. The van der Waals surface area contributed by atoms with Gasteiger partial charge in [-0.25, -0.2) is 9.59 Å². The maximum atomic E-state index is 13.5. The lowest BCUT2D eigenvalue weighted by Gasteiger charge is -2.30. The Morgan fingerprint density at radius 1 is 0.694 bits per heavy atom. The molecule has 3 aliphatic carbocycles. The van der Waals surface area contributed by atoms with Gasteiger partial charge in [0.05, 0.1) is 22.3 Å². The molecule has 6 atom stereocenters. The van der Waals surface area contributed by atoms with Crippen LogP contribution in [0.15, 0.2) is 48.5 Å². The standard InChI is InChI=1S/C26H22F6O4/c27-25(28,29)18-7-3-1-5-15(18)23(33)35-20-12-17-13-9-10-14(11-13)21(17)22(20)36-24(34)16-6-2-4-8-19(16)26(30,31)32/h1-8,13-14,17,20-22H,9-12H2. The van der Waals surface area contributed by atoms with E-state index in [4.69, 9.17) is 9.47 Å². The van der Waals surface area contributed by atoms with Crippen molar-refractivity contribution in [1.29, 1.82) is 0 Å². The van der Waals surface area contributed by atoms with E-state index in [0.29, 0.717) is 5.92 Å². The lowest BCUT2D eigenvalue weighted by molar-refractivity contribution is -0.139. The smallest absolute Gasteiger partial charge is 0.417 e. The van der Waals surface area contributed by atoms with Crippen molar-refractivity contribution >= 4 is 11.9 Å². The van der Waals surface area contributed by atoms with E-state index < -0.39 is 58.8 Å². The molecule has 0 saturated heterocycles. The molecule has 3 aliphatic rings. The Labute approximate surface area is 202 Å². The Morgan fingerprint density at radius 3 is 1.75 bits per heavy atom. The van der Waals surface area contributed by atoms with Crippen LogP contribution < -0.4 is 0 Å². The molecular weight excluding hydrogens is 490 g/mol. The Kier molecular flexibility index (Phi) is 6.03. The van der Waals surface area contributed by atoms with Crippen LogP contribution in [0.2, 0.25) is 0 Å². The number of alkyl halides is 6. The third kappa shape index (κ3) is 4.35. The third-order valence-corrected chi connectivity index (χ3v) is 7.81. The maximum Gasteiger partial charge on any atom is 0.417 e. The first-order valence-corrected chi connectivity index (χ1v) is 11.7. The molecule has 4 nitrogen and oxygen atoms in total. The number of esters is 2. The molecule has 0 aliphatic heterocycles. The monoisotopic (exact) mass is 512 g/mol. The summed E-state index contributed by atoms with van der Waals surface area (Å²) in [5, 5.41) is 0. The molecule has 0 aromatic heterocycles. The minimum absolute atomic E-state index is 0.0232. The highest BCUT2D eigenvalue weighted by Gasteiger charge is 2.59. The molecule has 2 bridgehead atoms. The van der Waals surface area contributed by atoms with Crippen LogP contribution in [-0.4, -0.2) is 24.1 Å². The number of rotatable bonds is 4. The maximum absolute atomic E-state index is 13.5. The van der Waals surface area contributed by atoms with Gasteiger partial charge in [-0.05, 0) is 67.7 Å². The van der Waals surface area contributed by atoms with Crippen LogP contribution >= 0.6 is 0 Å². The molecule has 0 N–H and O–H groups in total. The molecule has 0 radical (unpaired) electrons. The van der Waals surface area contributed by atoms with Crippen molar-refractivity contribution in [3.05, 3.63) is 70.8 Å². The Hall–Kier alpha value is -3.04. The summed E-state index contributed by atoms with van der Waals surface area (Å²) in [6, 6.07) is 8.43. The Morgan fingerprint density at radius 2 is 1.19 bits per heavy atom. The molecule has 36 heavy (non-hydrogen) atoms. The molecule has 2 aromatic carbocycles. The van der Waals surface area contributed by atoms with E-state index in [0.717, 1.165) is 55.7 Å². The minimum Gasteiger partial charge on any atom is -0.455 e. The van der Waals surface area contributed by atoms with Crippen molar-refractivity contribution in [1.82, 2.24) is 0 Å². The van der Waals surface area contributed by atoms with E-state index in [1.165, 1.54) is 12.1 Å². The SMILES string of the molecule is O=C(OC1CC2C3CCC(C3)C2C1OC(=O)c1ccccc1C(F)(F)F)c1ccccc1C(F)(F)F. The summed E-state index contributed by atoms with van der Waals surface area (Å²) in [6.07, 6.45) is -8.69. The van der Waals surface area contributed by atoms with Gasteiger partial charge in [-0.1, -0.05) is 24.3 Å². The average molecular weight is 512 g/mol. The van der Waals surface area contributed by atoms with Crippen molar-refractivity contribution in [2.75, 3.05) is 0 Å². The zero-order valence-electron chi connectivity index (χ0n) is 18.8. The van der Waals surface area contributed by atoms with Gasteiger partial charge < -0.3 is 9.47 Å². The molecule has 6 unspecified atom stereocenters. The van der Waals surface area contributed by atoms with Crippen molar-refractivity contribution in [3.8, 4) is 0 Å². The van der Waals surface area contributed by atoms with Gasteiger partial charge in [-0.15, -0.1) is 0 Å². The van der Waals surface area contributed by atoms with Gasteiger partial charge in [-0.3, -0.25) is 0 Å². The van der Waals surface area contributed by atoms with E-state index in [2.05, 4.69) is 0 Å². The van der Waals surface area contributed by atoms with E-state index >= 15 is 0 Å². The first kappa shape index (κ1) is 24.6. The fraction of sp³-hybridized carbons (Fsp3) is 0.462. The first-order chi connectivity index (χ1) is 16.9. The third-order valence-electron chi connectivity index (χ3n) is 7.81. The molecule has 10 heteroatoms. The van der Waals surface area contributed by atoms with Gasteiger partial charge in [0.15, 0.2) is 0 Å². The summed E-state index contributed by atoms with van der Waals surface area (Å²) in [7, 11) is 0. The zero-order chi connectivity index (χ0) is 25.8. The van der Waals surface area contributed by atoms with Crippen LogP contribution in [0, 0.1) is 23.7 Å². The van der Waals surface area contributed by atoms with Crippen LogP contribution in [0.3, 0.4) is 0 Å². The molecule has 0 heterocycles. The summed E-state index contributed by atoms with van der Waals surface area (Å²) >= 11 is 0. The molecule has 192 valence electrons. The van der Waals surface area contributed by atoms with Crippen molar-refractivity contribution in [2.45, 2.75) is 50.2 Å². The number of hydrogen-bond acceptors (Lipinski definition) is 4. The van der Waals surface area contributed by atoms with Crippen molar-refractivity contribution < 1.29 is 45.4 Å². The topological polar surface area (TPSA) is 52.6 Å². The molecule has 5 rings (SSSR count). The highest BCUT2D eigenvalue weighted by Crippen LogP contribution is 2.60. The van der Waals surface area contributed by atoms with Gasteiger partial charge in [-0.2, -0.15) is 26.3 Å². The fourth-order valence-electron chi connectivity index (χ4n) is 6.44. The number of fused-ring (bicyclic) bond motifs is 5. The Balaban J connectivity index is 1.43. The second-order valence-electron chi connectivity index (χ2n) is 9.71. The molecule has 2 aromatic rings. The predicted octanol–water partition coefficient (Wildman–Crippen LogP) is 6.54. The number of ether oxygens (including phenoxy) is 2. The minimum atomic E-state index is -4.78. The summed E-state index contributed by atoms with van der Waals surface area (Å²) in [5.74, 6) is -2.15. The molecule has 0 spiro atoms. The van der Waals surface area contributed by atoms with Gasteiger partial charge in [0.2, 0.25) is 0 Å². The number of halogens is 6. The van der Waals surface area contributed by atoms with Crippen molar-refractivity contribution in [3.63, 3.8) is 0 Å². The van der Waals surface area contributed by atoms with Gasteiger partial charge in [0.1, 0.15) is 12.2 Å². The van der Waals surface area contributed by atoms with Gasteiger partial charge in [0.25, 0.3) is 0 Å². The fourth-order valence-corrected chi connectivity index (χ4v) is 6.44. The molecule has 3 fully saturated rings. The normalized spacial score (nSPS) is 29.2. The van der Waals surface area contributed by atoms with Crippen LogP contribution in [0.1, 0.15) is 57.5 Å². The first-order valence-electron chi connectivity index (χ1n) is 11.7. The van der Waals surface area contributed by atoms with Crippen molar-refractivity contribution in [2.24, 2.45) is 23.7 Å². The van der Waals surface area contributed by atoms with E-state index in [1.807, 2.05) is 0 Å². The average Bonchev–Trinajstić information content (AvgIpc) is 3.52. The summed E-state index contributed by atoms with van der Waals surface area (Å²) < 4.78 is 91.8. The van der Waals surface area contributed by atoms with Crippen LogP contribution in [-0.2, 0) is 21.8 Å². The highest BCUT2D eigenvalue weighted by molar-refractivity contribution is 5.92. The lowest BCUT2D eigenvalue weighted by atomic mass is 9.81. The Bertz CT molecular complexity index is 1170. The van der Waals surface area contributed by atoms with Gasteiger partial charge in [0, 0.05) is 5.92 Å². The number of hydrogen-bond donors (Lipinski definition) is 0. The summed E-state index contributed by atoms with van der Waals surface area (Å²) in [4.78, 5) is 25.8. The largest absolute Gasteiger partial charge is 0.455 e.